The van der Waals surface area contributed by atoms with Crippen molar-refractivity contribution in [3.63, 3.8) is 0 Å². The Morgan fingerprint density at radius 3 is 2.20 bits per heavy atom. The zero-order valence-electron chi connectivity index (χ0n) is 14.2. The average Bonchev–Trinajstić information content (AvgIpc) is 2.70. The maximum atomic E-state index is 6.30. The summed E-state index contributed by atoms with van der Waals surface area (Å²) in [5.74, 6) is 1.09. The van der Waals surface area contributed by atoms with Gasteiger partial charge in [0.25, 0.3) is 0 Å². The molecule has 0 aliphatic heterocycles. The number of methoxy groups -OCH3 is 1. The molecule has 114 valence electrons. The number of allylic oxidation sites excluding steroid dienone is 1. The lowest BCUT2D eigenvalue weighted by molar-refractivity contribution is 0.0881. The van der Waals surface area contributed by atoms with E-state index in [0.717, 1.165) is 17.8 Å². The first kappa shape index (κ1) is 17.2. The summed E-state index contributed by atoms with van der Waals surface area (Å²) >= 11 is 0. The summed E-state index contributed by atoms with van der Waals surface area (Å²) in [4.78, 5) is 0. The van der Waals surface area contributed by atoms with Crippen molar-refractivity contribution in [2.75, 3.05) is 7.11 Å². The van der Waals surface area contributed by atoms with Gasteiger partial charge in [-0.15, -0.1) is 0 Å². The van der Waals surface area contributed by atoms with Crippen LogP contribution in [-0.2, 0) is 9.16 Å². The lowest BCUT2D eigenvalue weighted by Gasteiger charge is -2.37. The van der Waals surface area contributed by atoms with Crippen LogP contribution in [0.4, 0.5) is 0 Å². The van der Waals surface area contributed by atoms with Gasteiger partial charge in [0, 0.05) is 19.4 Å². The van der Waals surface area contributed by atoms with Crippen LogP contribution in [0.3, 0.4) is 0 Å². The van der Waals surface area contributed by atoms with E-state index in [4.69, 9.17) is 9.16 Å². The fraction of sp³-hybridized carbons (Fsp3) is 0.647. The molecule has 1 aliphatic rings. The molecule has 0 aromatic heterocycles. The number of rotatable bonds is 5. The first-order valence-electron chi connectivity index (χ1n) is 7.27. The summed E-state index contributed by atoms with van der Waals surface area (Å²) in [5, 5.41) is 0.184. The Morgan fingerprint density at radius 2 is 1.85 bits per heavy atom. The fourth-order valence-electron chi connectivity index (χ4n) is 2.16. The molecule has 0 spiro atoms. The molecule has 0 aromatic carbocycles. The van der Waals surface area contributed by atoms with Gasteiger partial charge >= 0.3 is 0 Å². The van der Waals surface area contributed by atoms with Crippen LogP contribution in [0.15, 0.2) is 36.1 Å². The van der Waals surface area contributed by atoms with E-state index < -0.39 is 8.32 Å². The van der Waals surface area contributed by atoms with Crippen LogP contribution >= 0.6 is 0 Å². The summed E-state index contributed by atoms with van der Waals surface area (Å²) in [6.45, 7) is 21.5. The van der Waals surface area contributed by atoms with Crippen LogP contribution in [0.5, 0.6) is 0 Å². The highest BCUT2D eigenvalue weighted by molar-refractivity contribution is 6.74. The molecular formula is C17H30O2Si. The fourth-order valence-corrected chi connectivity index (χ4v) is 3.21. The molecule has 2 atom stereocenters. The molecule has 0 N–H and O–H groups in total. The van der Waals surface area contributed by atoms with Crippen molar-refractivity contribution in [2.45, 2.75) is 58.4 Å². The van der Waals surface area contributed by atoms with Gasteiger partial charge in [0.05, 0.1) is 11.9 Å². The third-order valence-corrected chi connectivity index (χ3v) is 8.99. The Bertz CT molecular complexity index is 427. The van der Waals surface area contributed by atoms with Crippen LogP contribution in [-0.4, -0.2) is 21.5 Å². The van der Waals surface area contributed by atoms with E-state index in [0.29, 0.717) is 0 Å². The third kappa shape index (κ3) is 3.64. The van der Waals surface area contributed by atoms with Crippen LogP contribution in [0.2, 0.25) is 18.1 Å². The highest BCUT2D eigenvalue weighted by Gasteiger charge is 2.40. The highest BCUT2D eigenvalue weighted by atomic mass is 28.4. The van der Waals surface area contributed by atoms with Crippen LogP contribution in [0.25, 0.3) is 0 Å². The third-order valence-electron chi connectivity index (χ3n) is 4.62. The van der Waals surface area contributed by atoms with Gasteiger partial charge in [-0.05, 0) is 30.6 Å². The van der Waals surface area contributed by atoms with E-state index in [2.05, 4.69) is 53.1 Å². The highest BCUT2D eigenvalue weighted by Crippen LogP contribution is 2.41. The lowest BCUT2D eigenvalue weighted by Crippen LogP contribution is -2.40. The average molecular weight is 295 g/mol. The minimum Gasteiger partial charge on any atom is -0.544 e. The molecule has 0 radical (unpaired) electrons. The number of hydrogen-bond acceptors (Lipinski definition) is 2. The minimum atomic E-state index is -1.82. The SMILES string of the molecule is C=C(O[Si](C)(C)C(C)(C)C)C1=C[C@@H](C(=C)C)[C@@H](OC)C1. The summed E-state index contributed by atoms with van der Waals surface area (Å²) < 4.78 is 11.9. The molecule has 0 aromatic rings. The Balaban J connectivity index is 2.85. The number of ether oxygens (including phenoxy) is 1. The van der Waals surface area contributed by atoms with E-state index in [-0.39, 0.29) is 17.1 Å². The van der Waals surface area contributed by atoms with Crippen molar-refractivity contribution in [3.05, 3.63) is 36.1 Å². The Hall–Kier alpha value is -0.803. The topological polar surface area (TPSA) is 18.5 Å². The largest absolute Gasteiger partial charge is 0.544 e. The van der Waals surface area contributed by atoms with Crippen molar-refractivity contribution in [1.29, 1.82) is 0 Å². The molecule has 2 nitrogen and oxygen atoms in total. The molecular weight excluding hydrogens is 264 g/mol. The molecule has 0 saturated heterocycles. The van der Waals surface area contributed by atoms with Crippen molar-refractivity contribution < 1.29 is 9.16 Å². The van der Waals surface area contributed by atoms with Gasteiger partial charge in [-0.1, -0.05) is 45.6 Å². The summed E-state index contributed by atoms with van der Waals surface area (Å²) in [6, 6.07) is 0. The summed E-state index contributed by atoms with van der Waals surface area (Å²) in [5.41, 5.74) is 2.31. The van der Waals surface area contributed by atoms with Crippen LogP contribution < -0.4 is 0 Å². The zero-order valence-corrected chi connectivity index (χ0v) is 15.2. The van der Waals surface area contributed by atoms with E-state index in [9.17, 15) is 0 Å². The van der Waals surface area contributed by atoms with Gasteiger partial charge in [-0.25, -0.2) is 0 Å². The molecule has 20 heavy (non-hydrogen) atoms. The molecule has 0 fully saturated rings. The molecule has 0 saturated carbocycles. The zero-order chi connectivity index (χ0) is 15.7. The molecule has 1 rings (SSSR count). The monoisotopic (exact) mass is 294 g/mol. The molecule has 0 bridgehead atoms. The van der Waals surface area contributed by atoms with Gasteiger partial charge < -0.3 is 9.16 Å². The van der Waals surface area contributed by atoms with Gasteiger partial charge in [-0.3, -0.25) is 0 Å². The molecule has 0 unspecified atom stereocenters. The van der Waals surface area contributed by atoms with Crippen molar-refractivity contribution in [3.8, 4) is 0 Å². The van der Waals surface area contributed by atoms with Crippen LogP contribution in [0.1, 0.15) is 34.1 Å². The second-order valence-corrected chi connectivity index (χ2v) is 12.1. The van der Waals surface area contributed by atoms with E-state index in [1.165, 1.54) is 5.57 Å². The van der Waals surface area contributed by atoms with Gasteiger partial charge in [0.15, 0.2) is 0 Å². The second-order valence-electron chi connectivity index (χ2n) is 7.33. The Labute approximate surface area is 125 Å². The van der Waals surface area contributed by atoms with E-state index in [1.54, 1.807) is 7.11 Å². The first-order valence-corrected chi connectivity index (χ1v) is 10.2. The van der Waals surface area contributed by atoms with E-state index >= 15 is 0 Å². The maximum Gasteiger partial charge on any atom is 0.250 e. The molecule has 1 aliphatic carbocycles. The normalized spacial score (nSPS) is 23.4. The molecule has 3 heteroatoms. The Kier molecular flexibility index (Phi) is 5.09. The Morgan fingerprint density at radius 1 is 1.30 bits per heavy atom. The maximum absolute atomic E-state index is 6.30. The standard InChI is InChI=1S/C17H30O2Si/c1-12(2)15-10-14(11-16(15)18-7)13(3)19-20(8,9)17(4,5)6/h10,15-16H,1,3,11H2,2,4-9H3/t15-,16-/m0/s1. The molecule has 0 amide bonds. The van der Waals surface area contributed by atoms with Crippen molar-refractivity contribution in [1.82, 2.24) is 0 Å². The predicted molar refractivity (Wildman–Crippen MR) is 89.2 cm³/mol. The van der Waals surface area contributed by atoms with Crippen LogP contribution in [0, 0.1) is 5.92 Å². The van der Waals surface area contributed by atoms with Gasteiger partial charge in [0.1, 0.15) is 0 Å². The second kappa shape index (κ2) is 5.90. The first-order chi connectivity index (χ1) is 8.99. The lowest BCUT2D eigenvalue weighted by atomic mass is 9.99. The molecule has 0 heterocycles. The summed E-state index contributed by atoms with van der Waals surface area (Å²) in [6.07, 6.45) is 3.25. The predicted octanol–water partition coefficient (Wildman–Crippen LogP) is 5.06. The summed E-state index contributed by atoms with van der Waals surface area (Å²) in [7, 11) is -0.0618. The van der Waals surface area contributed by atoms with E-state index in [1.807, 2.05) is 6.92 Å². The number of hydrogen-bond donors (Lipinski definition) is 0. The van der Waals surface area contributed by atoms with Crippen molar-refractivity contribution >= 4 is 8.32 Å². The van der Waals surface area contributed by atoms with Gasteiger partial charge in [-0.2, -0.15) is 0 Å². The van der Waals surface area contributed by atoms with Crippen molar-refractivity contribution in [2.24, 2.45) is 5.92 Å². The minimum absolute atomic E-state index is 0.169. The van der Waals surface area contributed by atoms with Gasteiger partial charge in [0.2, 0.25) is 8.32 Å². The quantitative estimate of drug-likeness (QED) is 0.401. The smallest absolute Gasteiger partial charge is 0.250 e.